The lowest BCUT2D eigenvalue weighted by atomic mass is 10.2. The molecule has 21 heavy (non-hydrogen) atoms. The monoisotopic (exact) mass is 289 g/mol. The number of imidazole rings is 1. The molecule has 1 aliphatic rings. The first-order valence-electron chi connectivity index (χ1n) is 7.17. The molecule has 6 nitrogen and oxygen atoms in total. The Balaban J connectivity index is 1.65. The number of morpholine rings is 1. The van der Waals surface area contributed by atoms with Gasteiger partial charge in [-0.05, 0) is 12.1 Å². The van der Waals surface area contributed by atoms with Crippen LogP contribution in [0.25, 0.3) is 11.0 Å². The predicted octanol–water partition coefficient (Wildman–Crippen LogP) is 0.646. The number of nitrogens with zero attached hydrogens (tertiary/aromatic N) is 3. The van der Waals surface area contributed by atoms with Gasteiger partial charge >= 0.3 is 0 Å². The van der Waals surface area contributed by atoms with Crippen LogP contribution in [-0.4, -0.2) is 57.9 Å². The standard InChI is InChI=1S/C15H19N3O3/c19-9-12-10-21-8-7-18(12)15(20)5-6-17-11-16-13-3-1-2-4-14(13)17/h1-4,11-12,19H,5-10H2. The third-order valence-corrected chi connectivity index (χ3v) is 3.85. The van der Waals surface area contributed by atoms with Gasteiger partial charge in [-0.1, -0.05) is 12.1 Å². The minimum absolute atomic E-state index is 0.0510. The lowest BCUT2D eigenvalue weighted by Crippen LogP contribution is -2.50. The molecule has 0 radical (unpaired) electrons. The number of hydrogen-bond donors (Lipinski definition) is 1. The predicted molar refractivity (Wildman–Crippen MR) is 77.8 cm³/mol. The molecule has 2 aromatic rings. The number of para-hydroxylation sites is 2. The summed E-state index contributed by atoms with van der Waals surface area (Å²) in [4.78, 5) is 18.4. The van der Waals surface area contributed by atoms with Crippen LogP contribution >= 0.6 is 0 Å². The first kappa shape index (κ1) is 14.0. The van der Waals surface area contributed by atoms with Crippen molar-refractivity contribution in [3.8, 4) is 0 Å². The van der Waals surface area contributed by atoms with Gasteiger partial charge in [-0.15, -0.1) is 0 Å². The van der Waals surface area contributed by atoms with E-state index in [-0.39, 0.29) is 18.6 Å². The third kappa shape index (κ3) is 2.91. The van der Waals surface area contributed by atoms with Crippen molar-refractivity contribution >= 4 is 16.9 Å². The summed E-state index contributed by atoms with van der Waals surface area (Å²) in [6.45, 7) is 2.04. The number of aromatic nitrogens is 2. The molecule has 0 spiro atoms. The zero-order chi connectivity index (χ0) is 14.7. The van der Waals surface area contributed by atoms with Crippen molar-refractivity contribution in [2.24, 2.45) is 0 Å². The lowest BCUT2D eigenvalue weighted by molar-refractivity contribution is -0.141. The number of ether oxygens (including phenoxy) is 1. The van der Waals surface area contributed by atoms with Crippen LogP contribution < -0.4 is 0 Å². The molecule has 0 aliphatic carbocycles. The number of rotatable bonds is 4. The van der Waals surface area contributed by atoms with Gasteiger partial charge in [0.1, 0.15) is 0 Å². The second-order valence-electron chi connectivity index (χ2n) is 5.18. The van der Waals surface area contributed by atoms with E-state index in [4.69, 9.17) is 4.74 Å². The van der Waals surface area contributed by atoms with Crippen LogP contribution in [0.2, 0.25) is 0 Å². The first-order valence-corrected chi connectivity index (χ1v) is 7.17. The molecule has 1 atom stereocenters. The second kappa shape index (κ2) is 6.24. The maximum absolute atomic E-state index is 12.3. The Morgan fingerprint density at radius 2 is 2.29 bits per heavy atom. The molecule has 1 saturated heterocycles. The summed E-state index contributed by atoms with van der Waals surface area (Å²) >= 11 is 0. The second-order valence-corrected chi connectivity index (χ2v) is 5.18. The largest absolute Gasteiger partial charge is 0.394 e. The molecule has 0 saturated carbocycles. The van der Waals surface area contributed by atoms with Gasteiger partial charge in [-0.2, -0.15) is 0 Å². The number of hydrogen-bond acceptors (Lipinski definition) is 4. The van der Waals surface area contributed by atoms with Gasteiger partial charge in [0, 0.05) is 19.5 Å². The maximum Gasteiger partial charge on any atom is 0.224 e. The average Bonchev–Trinajstić information content (AvgIpc) is 2.96. The van der Waals surface area contributed by atoms with Gasteiger partial charge in [0.15, 0.2) is 0 Å². The maximum atomic E-state index is 12.3. The number of aliphatic hydroxyl groups is 1. The first-order chi connectivity index (χ1) is 10.3. The van der Waals surface area contributed by atoms with E-state index in [2.05, 4.69) is 4.98 Å². The van der Waals surface area contributed by atoms with Crippen LogP contribution in [0.3, 0.4) is 0 Å². The molecule has 0 bridgehead atoms. The van der Waals surface area contributed by atoms with E-state index in [1.165, 1.54) is 0 Å². The highest BCUT2D eigenvalue weighted by atomic mass is 16.5. The third-order valence-electron chi connectivity index (χ3n) is 3.85. The molecule has 3 rings (SSSR count). The van der Waals surface area contributed by atoms with Gasteiger partial charge in [0.25, 0.3) is 0 Å². The molecule has 1 aromatic heterocycles. The molecule has 1 fully saturated rings. The number of carbonyl (C=O) groups excluding carboxylic acids is 1. The van der Waals surface area contributed by atoms with Crippen LogP contribution in [0.15, 0.2) is 30.6 Å². The number of carbonyl (C=O) groups is 1. The Hall–Kier alpha value is -1.92. The van der Waals surface area contributed by atoms with Gasteiger partial charge in [0.2, 0.25) is 5.91 Å². The van der Waals surface area contributed by atoms with Gasteiger partial charge in [-0.3, -0.25) is 4.79 Å². The van der Waals surface area contributed by atoms with Crippen molar-refractivity contribution in [1.82, 2.24) is 14.5 Å². The van der Waals surface area contributed by atoms with Crippen molar-refractivity contribution < 1.29 is 14.6 Å². The van der Waals surface area contributed by atoms with Gasteiger partial charge < -0.3 is 19.3 Å². The van der Waals surface area contributed by atoms with Crippen molar-refractivity contribution in [1.29, 1.82) is 0 Å². The van der Waals surface area contributed by atoms with Crippen molar-refractivity contribution in [2.75, 3.05) is 26.4 Å². The number of fused-ring (bicyclic) bond motifs is 1. The molecule has 6 heteroatoms. The Morgan fingerprint density at radius 1 is 1.43 bits per heavy atom. The average molecular weight is 289 g/mol. The van der Waals surface area contributed by atoms with E-state index >= 15 is 0 Å². The van der Waals surface area contributed by atoms with Crippen LogP contribution in [0.4, 0.5) is 0 Å². The van der Waals surface area contributed by atoms with Crippen molar-refractivity contribution in [2.45, 2.75) is 19.0 Å². The van der Waals surface area contributed by atoms with E-state index < -0.39 is 0 Å². The molecular weight excluding hydrogens is 270 g/mol. The van der Waals surface area contributed by atoms with Gasteiger partial charge in [-0.25, -0.2) is 4.98 Å². The number of benzene rings is 1. The Morgan fingerprint density at radius 3 is 3.14 bits per heavy atom. The summed E-state index contributed by atoms with van der Waals surface area (Å²) in [5.41, 5.74) is 1.97. The molecule has 1 amide bonds. The fourth-order valence-electron chi connectivity index (χ4n) is 2.68. The topological polar surface area (TPSA) is 67.6 Å². The summed E-state index contributed by atoms with van der Waals surface area (Å²) in [5.74, 6) is 0.0510. The fourth-order valence-corrected chi connectivity index (χ4v) is 2.68. The Bertz CT molecular complexity index is 625. The normalized spacial score (nSPS) is 19.1. The van der Waals surface area contributed by atoms with E-state index in [1.807, 2.05) is 28.8 Å². The minimum Gasteiger partial charge on any atom is -0.394 e. The SMILES string of the molecule is O=C(CCn1cnc2ccccc21)N1CCOCC1CO. The minimum atomic E-state index is -0.217. The molecule has 1 unspecified atom stereocenters. The Labute approximate surface area is 122 Å². The van der Waals surface area contributed by atoms with Gasteiger partial charge in [0.05, 0.1) is 43.2 Å². The van der Waals surface area contributed by atoms with E-state index in [0.717, 1.165) is 11.0 Å². The van der Waals surface area contributed by atoms with Crippen LogP contribution in [0.5, 0.6) is 0 Å². The summed E-state index contributed by atoms with van der Waals surface area (Å²) in [6.07, 6.45) is 2.16. The zero-order valence-corrected chi connectivity index (χ0v) is 11.8. The van der Waals surface area contributed by atoms with Crippen molar-refractivity contribution in [3.63, 3.8) is 0 Å². The highest BCUT2D eigenvalue weighted by molar-refractivity contribution is 5.78. The van der Waals surface area contributed by atoms with E-state index in [1.54, 1.807) is 11.2 Å². The molecule has 2 heterocycles. The molecule has 1 aromatic carbocycles. The lowest BCUT2D eigenvalue weighted by Gasteiger charge is -2.34. The van der Waals surface area contributed by atoms with Crippen LogP contribution in [-0.2, 0) is 16.1 Å². The van der Waals surface area contributed by atoms with Crippen molar-refractivity contribution in [3.05, 3.63) is 30.6 Å². The van der Waals surface area contributed by atoms with Crippen LogP contribution in [0.1, 0.15) is 6.42 Å². The van der Waals surface area contributed by atoms with E-state index in [9.17, 15) is 9.90 Å². The number of aliphatic hydroxyl groups excluding tert-OH is 1. The highest BCUT2D eigenvalue weighted by Crippen LogP contribution is 2.14. The van der Waals surface area contributed by atoms with Crippen LogP contribution in [0, 0.1) is 0 Å². The number of aryl methyl sites for hydroxylation is 1. The molecule has 1 N–H and O–H groups in total. The smallest absolute Gasteiger partial charge is 0.224 e. The van der Waals surface area contributed by atoms with E-state index in [0.29, 0.717) is 32.7 Å². The summed E-state index contributed by atoms with van der Waals surface area (Å²) < 4.78 is 7.28. The molecule has 1 aliphatic heterocycles. The Kier molecular flexibility index (Phi) is 4.17. The summed E-state index contributed by atoms with van der Waals surface area (Å²) in [6, 6.07) is 7.65. The molecular formula is C15H19N3O3. The molecule has 112 valence electrons. The zero-order valence-electron chi connectivity index (χ0n) is 11.8. The fraction of sp³-hybridized carbons (Fsp3) is 0.467. The number of amides is 1. The quantitative estimate of drug-likeness (QED) is 0.897. The summed E-state index contributed by atoms with van der Waals surface area (Å²) in [7, 11) is 0. The summed E-state index contributed by atoms with van der Waals surface area (Å²) in [5, 5.41) is 9.31. The highest BCUT2D eigenvalue weighted by Gasteiger charge is 2.26.